The van der Waals surface area contributed by atoms with Gasteiger partial charge >= 0.3 is 5.97 Å². The van der Waals surface area contributed by atoms with Crippen molar-refractivity contribution in [1.29, 1.82) is 0 Å². The van der Waals surface area contributed by atoms with Gasteiger partial charge in [0, 0.05) is 18.8 Å². The fraction of sp³-hybridized carbons (Fsp3) is 0.800. The van der Waals surface area contributed by atoms with E-state index in [4.69, 9.17) is 10.2 Å². The van der Waals surface area contributed by atoms with E-state index in [-0.39, 0.29) is 5.97 Å². The van der Waals surface area contributed by atoms with E-state index in [9.17, 15) is 4.79 Å². The molecule has 0 spiro atoms. The van der Waals surface area contributed by atoms with Crippen LogP contribution < -0.4 is 0 Å². The van der Waals surface area contributed by atoms with Crippen molar-refractivity contribution in [2.75, 3.05) is 20.3 Å². The topological polar surface area (TPSA) is 66.8 Å². The molecule has 0 unspecified atom stereocenters. The standard InChI is InChI=1S/C10H22O2.C5H8O2/c11-9-7-5-3-1-2-4-6-8-10-12;1-4(2)5(6)7-3/h11-12H,1-10H2;1H2,2-3H3. The molecule has 0 fully saturated rings. The molecule has 0 radical (unpaired) electrons. The van der Waals surface area contributed by atoms with Gasteiger partial charge in [0.2, 0.25) is 0 Å². The summed E-state index contributed by atoms with van der Waals surface area (Å²) in [5, 5.41) is 17.0. The normalized spacial score (nSPS) is 9.47. The molecular weight excluding hydrogens is 244 g/mol. The number of ether oxygens (including phenoxy) is 1. The minimum atomic E-state index is -0.347. The van der Waals surface area contributed by atoms with E-state index in [1.807, 2.05) is 0 Å². The Kier molecular flexibility index (Phi) is 18.4. The Morgan fingerprint density at radius 1 is 0.895 bits per heavy atom. The number of aliphatic hydroxyl groups excluding tert-OH is 2. The second kappa shape index (κ2) is 17.1. The predicted molar refractivity (Wildman–Crippen MR) is 77.9 cm³/mol. The Balaban J connectivity index is 0. The van der Waals surface area contributed by atoms with Gasteiger partial charge in [0.1, 0.15) is 0 Å². The lowest BCUT2D eigenvalue weighted by Gasteiger charge is -1.99. The third kappa shape index (κ3) is 19.6. The molecule has 114 valence electrons. The van der Waals surface area contributed by atoms with Gasteiger partial charge in [0.05, 0.1) is 7.11 Å². The van der Waals surface area contributed by atoms with E-state index < -0.39 is 0 Å². The Hall–Kier alpha value is -0.870. The maximum absolute atomic E-state index is 10.2. The van der Waals surface area contributed by atoms with Crippen LogP contribution in [0.25, 0.3) is 0 Å². The average molecular weight is 274 g/mol. The van der Waals surface area contributed by atoms with Gasteiger partial charge in [0.25, 0.3) is 0 Å². The van der Waals surface area contributed by atoms with Gasteiger partial charge in [-0.25, -0.2) is 4.79 Å². The smallest absolute Gasteiger partial charge is 0.332 e. The van der Waals surface area contributed by atoms with Gasteiger partial charge in [-0.3, -0.25) is 0 Å². The number of esters is 1. The van der Waals surface area contributed by atoms with E-state index in [1.54, 1.807) is 6.92 Å². The quantitative estimate of drug-likeness (QED) is 0.365. The molecule has 0 bridgehead atoms. The highest BCUT2D eigenvalue weighted by Crippen LogP contribution is 2.07. The van der Waals surface area contributed by atoms with Crippen molar-refractivity contribution < 1.29 is 19.7 Å². The molecule has 0 aromatic heterocycles. The van der Waals surface area contributed by atoms with Crippen LogP contribution in [0.5, 0.6) is 0 Å². The van der Waals surface area contributed by atoms with Gasteiger partial charge in [-0.2, -0.15) is 0 Å². The Labute approximate surface area is 117 Å². The lowest BCUT2D eigenvalue weighted by molar-refractivity contribution is -0.136. The zero-order valence-corrected chi connectivity index (χ0v) is 12.5. The van der Waals surface area contributed by atoms with E-state index in [0.29, 0.717) is 18.8 Å². The molecular formula is C15H30O4. The molecule has 0 atom stereocenters. The number of rotatable bonds is 10. The second-order valence-corrected chi connectivity index (χ2v) is 4.55. The number of methoxy groups -OCH3 is 1. The number of hydrogen-bond acceptors (Lipinski definition) is 4. The molecule has 2 N–H and O–H groups in total. The highest BCUT2D eigenvalue weighted by Gasteiger charge is 1.95. The first-order valence-electron chi connectivity index (χ1n) is 7.05. The number of unbranched alkanes of at least 4 members (excludes halogenated alkanes) is 7. The summed E-state index contributed by atoms with van der Waals surface area (Å²) in [6, 6.07) is 0. The molecule has 0 aliphatic carbocycles. The van der Waals surface area contributed by atoms with Crippen LogP contribution in [-0.2, 0) is 9.53 Å². The fourth-order valence-electron chi connectivity index (χ4n) is 1.46. The van der Waals surface area contributed by atoms with Crippen LogP contribution in [0.3, 0.4) is 0 Å². The summed E-state index contributed by atoms with van der Waals surface area (Å²) in [6.07, 6.45) is 9.30. The summed E-state index contributed by atoms with van der Waals surface area (Å²) < 4.78 is 4.27. The summed E-state index contributed by atoms with van der Waals surface area (Å²) in [5.74, 6) is -0.347. The van der Waals surface area contributed by atoms with Crippen LogP contribution in [0.2, 0.25) is 0 Å². The number of hydrogen-bond donors (Lipinski definition) is 2. The fourth-order valence-corrected chi connectivity index (χ4v) is 1.46. The van der Waals surface area contributed by atoms with Crippen molar-refractivity contribution in [3.05, 3.63) is 12.2 Å². The van der Waals surface area contributed by atoms with Crippen LogP contribution >= 0.6 is 0 Å². The first-order chi connectivity index (χ1) is 9.09. The number of carbonyl (C=O) groups is 1. The summed E-state index contributed by atoms with van der Waals surface area (Å²) in [4.78, 5) is 10.2. The lowest BCUT2D eigenvalue weighted by Crippen LogP contribution is -1.98. The van der Waals surface area contributed by atoms with Gasteiger partial charge < -0.3 is 14.9 Å². The first-order valence-corrected chi connectivity index (χ1v) is 7.05. The Morgan fingerprint density at radius 3 is 1.37 bits per heavy atom. The van der Waals surface area contributed by atoms with Crippen molar-refractivity contribution in [3.8, 4) is 0 Å². The van der Waals surface area contributed by atoms with E-state index in [0.717, 1.165) is 25.7 Å². The van der Waals surface area contributed by atoms with E-state index >= 15 is 0 Å². The minimum absolute atomic E-state index is 0.338. The summed E-state index contributed by atoms with van der Waals surface area (Å²) in [7, 11) is 1.33. The maximum atomic E-state index is 10.2. The van der Waals surface area contributed by atoms with Crippen molar-refractivity contribution in [2.45, 2.75) is 58.3 Å². The van der Waals surface area contributed by atoms with E-state index in [2.05, 4.69) is 11.3 Å². The average Bonchev–Trinajstić information content (AvgIpc) is 2.41. The molecule has 0 heterocycles. The zero-order chi connectivity index (χ0) is 14.9. The van der Waals surface area contributed by atoms with Gasteiger partial charge in [0.15, 0.2) is 0 Å². The van der Waals surface area contributed by atoms with Crippen LogP contribution in [0.4, 0.5) is 0 Å². The highest BCUT2D eigenvalue weighted by atomic mass is 16.5. The summed E-state index contributed by atoms with van der Waals surface area (Å²) in [5.41, 5.74) is 0.433. The van der Waals surface area contributed by atoms with Crippen LogP contribution in [0.1, 0.15) is 58.3 Å². The van der Waals surface area contributed by atoms with Crippen molar-refractivity contribution in [3.63, 3.8) is 0 Å². The van der Waals surface area contributed by atoms with Crippen LogP contribution in [-0.4, -0.2) is 36.5 Å². The zero-order valence-electron chi connectivity index (χ0n) is 12.5. The molecule has 0 saturated carbocycles. The van der Waals surface area contributed by atoms with Crippen LogP contribution in [0.15, 0.2) is 12.2 Å². The summed E-state index contributed by atoms with van der Waals surface area (Å²) >= 11 is 0. The van der Waals surface area contributed by atoms with Crippen molar-refractivity contribution >= 4 is 5.97 Å². The molecule has 0 rings (SSSR count). The Bertz CT molecular complexity index is 204. The minimum Gasteiger partial charge on any atom is -0.466 e. The molecule has 4 nitrogen and oxygen atoms in total. The second-order valence-electron chi connectivity index (χ2n) is 4.55. The number of carbonyl (C=O) groups excluding carboxylic acids is 1. The molecule has 0 aliphatic rings. The first kappa shape index (κ1) is 20.4. The van der Waals surface area contributed by atoms with Crippen molar-refractivity contribution in [1.82, 2.24) is 0 Å². The molecule has 19 heavy (non-hydrogen) atoms. The third-order valence-electron chi connectivity index (χ3n) is 2.60. The molecule has 0 amide bonds. The summed E-state index contributed by atoms with van der Waals surface area (Å²) in [6.45, 7) is 5.63. The predicted octanol–water partition coefficient (Wildman–Crippen LogP) is 2.83. The largest absolute Gasteiger partial charge is 0.466 e. The monoisotopic (exact) mass is 274 g/mol. The van der Waals surface area contributed by atoms with Gasteiger partial charge in [-0.05, 0) is 19.8 Å². The van der Waals surface area contributed by atoms with Crippen LogP contribution in [0, 0.1) is 0 Å². The Morgan fingerprint density at radius 2 is 1.21 bits per heavy atom. The van der Waals surface area contributed by atoms with Crippen molar-refractivity contribution in [2.24, 2.45) is 0 Å². The highest BCUT2D eigenvalue weighted by molar-refractivity contribution is 5.86. The third-order valence-corrected chi connectivity index (χ3v) is 2.60. The van der Waals surface area contributed by atoms with Gasteiger partial charge in [-0.15, -0.1) is 0 Å². The molecule has 0 aromatic rings. The molecule has 0 aliphatic heterocycles. The lowest BCUT2D eigenvalue weighted by atomic mass is 10.1. The molecule has 4 heteroatoms. The maximum Gasteiger partial charge on any atom is 0.332 e. The SMILES string of the molecule is C=C(C)C(=O)OC.OCCCCCCCCCCO. The molecule has 0 saturated heterocycles. The van der Waals surface area contributed by atoms with E-state index in [1.165, 1.54) is 32.8 Å². The molecule has 0 aromatic carbocycles. The number of aliphatic hydroxyl groups is 2. The van der Waals surface area contributed by atoms with Gasteiger partial charge in [-0.1, -0.05) is 45.1 Å².